The molecule has 2 aliphatic heterocycles. The van der Waals surface area contributed by atoms with Crippen LogP contribution in [0.4, 0.5) is 16.2 Å². The van der Waals surface area contributed by atoms with Crippen LogP contribution in [-0.4, -0.2) is 55.5 Å². The van der Waals surface area contributed by atoms with Gasteiger partial charge in [-0.05, 0) is 54.4 Å². The zero-order valence-corrected chi connectivity index (χ0v) is 18.7. The Morgan fingerprint density at radius 2 is 1.94 bits per heavy atom. The molecule has 0 bridgehead atoms. The zero-order chi connectivity index (χ0) is 23.6. The molecule has 2 aliphatic rings. The zero-order valence-electron chi connectivity index (χ0n) is 17.9. The number of nitrogens with zero attached hydrogens (tertiary/aromatic N) is 1. The first-order valence-electron chi connectivity index (χ1n) is 10.4. The summed E-state index contributed by atoms with van der Waals surface area (Å²) in [5, 5.41) is 8.58. The van der Waals surface area contributed by atoms with Gasteiger partial charge in [0, 0.05) is 46.9 Å². The van der Waals surface area contributed by atoms with Crippen LogP contribution in [0.2, 0.25) is 5.02 Å². The van der Waals surface area contributed by atoms with Crippen LogP contribution in [0.15, 0.2) is 42.5 Å². The Kier molecular flexibility index (Phi) is 6.24. The largest absolute Gasteiger partial charge is 0.453 e. The Balaban J connectivity index is 1.37. The molecule has 3 N–H and O–H groups in total. The fraction of sp³-hybridized carbons (Fsp3) is 0.304. The Morgan fingerprint density at radius 1 is 1.18 bits per heavy atom. The normalized spacial score (nSPS) is 19.0. The highest BCUT2D eigenvalue weighted by molar-refractivity contribution is 6.30. The van der Waals surface area contributed by atoms with E-state index in [1.54, 1.807) is 29.2 Å². The van der Waals surface area contributed by atoms with Crippen molar-refractivity contribution >= 4 is 46.8 Å². The van der Waals surface area contributed by atoms with E-state index in [2.05, 4.69) is 20.7 Å². The minimum Gasteiger partial charge on any atom is -0.453 e. The first-order valence-corrected chi connectivity index (χ1v) is 10.8. The Labute approximate surface area is 195 Å². The van der Waals surface area contributed by atoms with Crippen molar-refractivity contribution in [2.24, 2.45) is 0 Å². The molecule has 33 heavy (non-hydrogen) atoms. The number of rotatable bonds is 4. The van der Waals surface area contributed by atoms with Crippen molar-refractivity contribution < 1.29 is 23.9 Å². The van der Waals surface area contributed by atoms with Crippen molar-refractivity contribution in [2.75, 3.05) is 37.4 Å². The third-order valence-corrected chi connectivity index (χ3v) is 6.25. The number of carbonyl (C=O) groups excluding carboxylic acids is 4. The maximum Gasteiger partial charge on any atom is 0.411 e. The van der Waals surface area contributed by atoms with Crippen LogP contribution in [-0.2, 0) is 19.7 Å². The molecule has 0 aliphatic carbocycles. The molecule has 10 heteroatoms. The average molecular weight is 471 g/mol. The van der Waals surface area contributed by atoms with Gasteiger partial charge in [-0.3, -0.25) is 19.7 Å². The average Bonchev–Trinajstić information content (AvgIpc) is 3.22. The van der Waals surface area contributed by atoms with E-state index in [9.17, 15) is 19.2 Å². The molecule has 1 spiro atoms. The molecule has 4 amide bonds. The Hall–Kier alpha value is -3.59. The van der Waals surface area contributed by atoms with Gasteiger partial charge < -0.3 is 20.3 Å². The number of ether oxygens (including phenoxy) is 1. The van der Waals surface area contributed by atoms with E-state index in [1.807, 2.05) is 6.07 Å². The summed E-state index contributed by atoms with van der Waals surface area (Å²) in [4.78, 5) is 50.4. The standard InChI is InChI=1S/C23H23ClN4O5/c1-33-22(32)26-16-5-2-14(3-6-16)21(31)25-12-20(30)28-9-8-23(13-28)11-19(29)27-18-7-4-15(24)10-17(18)23/h2-7,10H,8-9,11-13H2,1H3,(H,25,31)(H,26,32)(H,27,29). The summed E-state index contributed by atoms with van der Waals surface area (Å²) in [6.45, 7) is 0.712. The van der Waals surface area contributed by atoms with E-state index in [0.717, 1.165) is 11.3 Å². The summed E-state index contributed by atoms with van der Waals surface area (Å²) in [7, 11) is 1.26. The molecule has 2 heterocycles. The molecule has 4 rings (SSSR count). The van der Waals surface area contributed by atoms with Gasteiger partial charge in [0.2, 0.25) is 11.8 Å². The molecule has 1 fully saturated rings. The molecule has 2 aromatic carbocycles. The Morgan fingerprint density at radius 3 is 2.67 bits per heavy atom. The van der Waals surface area contributed by atoms with Gasteiger partial charge in [-0.25, -0.2) is 4.79 Å². The highest BCUT2D eigenvalue weighted by Crippen LogP contribution is 2.45. The van der Waals surface area contributed by atoms with Crippen molar-refractivity contribution in [1.82, 2.24) is 10.2 Å². The van der Waals surface area contributed by atoms with Gasteiger partial charge in [0.15, 0.2) is 0 Å². The molecule has 1 unspecified atom stereocenters. The van der Waals surface area contributed by atoms with E-state index in [1.165, 1.54) is 19.2 Å². The van der Waals surface area contributed by atoms with Gasteiger partial charge in [-0.15, -0.1) is 0 Å². The highest BCUT2D eigenvalue weighted by Gasteiger charge is 2.46. The minimum absolute atomic E-state index is 0.0856. The van der Waals surface area contributed by atoms with Crippen molar-refractivity contribution in [3.05, 3.63) is 58.6 Å². The monoisotopic (exact) mass is 470 g/mol. The second-order valence-corrected chi connectivity index (χ2v) is 8.57. The molecule has 2 aromatic rings. The van der Waals surface area contributed by atoms with E-state index in [4.69, 9.17) is 11.6 Å². The fourth-order valence-electron chi connectivity index (χ4n) is 4.35. The second-order valence-electron chi connectivity index (χ2n) is 8.14. The SMILES string of the molecule is COC(=O)Nc1ccc(C(=O)NCC(=O)N2CCC3(CC(=O)Nc4ccc(Cl)cc43)C2)cc1. The number of likely N-dealkylation sites (tertiary alicyclic amines) is 1. The molecule has 1 atom stereocenters. The molecule has 0 saturated carbocycles. The maximum atomic E-state index is 12.8. The topological polar surface area (TPSA) is 117 Å². The van der Waals surface area contributed by atoms with Crippen LogP contribution in [0.1, 0.15) is 28.8 Å². The highest BCUT2D eigenvalue weighted by atomic mass is 35.5. The van der Waals surface area contributed by atoms with Crippen LogP contribution < -0.4 is 16.0 Å². The lowest BCUT2D eigenvalue weighted by atomic mass is 9.74. The predicted molar refractivity (Wildman–Crippen MR) is 122 cm³/mol. The minimum atomic E-state index is -0.610. The molecular weight excluding hydrogens is 448 g/mol. The van der Waals surface area contributed by atoms with Gasteiger partial charge in [0.25, 0.3) is 5.91 Å². The molecule has 9 nitrogen and oxygen atoms in total. The van der Waals surface area contributed by atoms with Crippen LogP contribution in [0.5, 0.6) is 0 Å². The summed E-state index contributed by atoms with van der Waals surface area (Å²) in [6.07, 6.45) is 0.311. The van der Waals surface area contributed by atoms with E-state index in [-0.39, 0.29) is 24.8 Å². The van der Waals surface area contributed by atoms with Gasteiger partial charge in [0.05, 0.1) is 13.7 Å². The van der Waals surface area contributed by atoms with E-state index < -0.39 is 17.4 Å². The number of benzene rings is 2. The summed E-state index contributed by atoms with van der Waals surface area (Å²) in [5.41, 5.74) is 2.01. The fourth-order valence-corrected chi connectivity index (χ4v) is 4.53. The maximum absolute atomic E-state index is 12.8. The molecule has 0 aromatic heterocycles. The Bertz CT molecular complexity index is 1120. The number of anilines is 2. The smallest absolute Gasteiger partial charge is 0.411 e. The number of hydrogen-bond acceptors (Lipinski definition) is 5. The van der Waals surface area contributed by atoms with Crippen molar-refractivity contribution in [3.63, 3.8) is 0 Å². The van der Waals surface area contributed by atoms with Gasteiger partial charge in [-0.2, -0.15) is 0 Å². The quantitative estimate of drug-likeness (QED) is 0.635. The lowest BCUT2D eigenvalue weighted by molar-refractivity contribution is -0.129. The number of halogens is 1. The van der Waals surface area contributed by atoms with Gasteiger partial charge >= 0.3 is 6.09 Å². The first kappa shape index (κ1) is 22.6. The summed E-state index contributed by atoms with van der Waals surface area (Å²) in [6, 6.07) is 11.6. The lowest BCUT2D eigenvalue weighted by Gasteiger charge is -2.35. The van der Waals surface area contributed by atoms with Crippen molar-refractivity contribution in [2.45, 2.75) is 18.3 Å². The summed E-state index contributed by atoms with van der Waals surface area (Å²) in [5.74, 6) is -0.715. The van der Waals surface area contributed by atoms with Crippen LogP contribution in [0.25, 0.3) is 0 Å². The molecule has 1 saturated heterocycles. The molecule has 0 radical (unpaired) electrons. The number of fused-ring (bicyclic) bond motifs is 2. The van der Waals surface area contributed by atoms with E-state index >= 15 is 0 Å². The van der Waals surface area contributed by atoms with Crippen molar-refractivity contribution in [3.8, 4) is 0 Å². The lowest BCUT2D eigenvalue weighted by Crippen LogP contribution is -2.43. The van der Waals surface area contributed by atoms with E-state index in [0.29, 0.717) is 35.8 Å². The number of amides is 4. The number of methoxy groups -OCH3 is 1. The summed E-state index contributed by atoms with van der Waals surface area (Å²) < 4.78 is 4.52. The number of carbonyl (C=O) groups is 4. The van der Waals surface area contributed by atoms with Gasteiger partial charge in [-0.1, -0.05) is 11.6 Å². The third kappa shape index (κ3) is 4.78. The van der Waals surface area contributed by atoms with Crippen molar-refractivity contribution in [1.29, 1.82) is 0 Å². The third-order valence-electron chi connectivity index (χ3n) is 6.01. The van der Waals surface area contributed by atoms with Crippen LogP contribution in [0.3, 0.4) is 0 Å². The van der Waals surface area contributed by atoms with Crippen LogP contribution >= 0.6 is 11.6 Å². The summed E-state index contributed by atoms with van der Waals surface area (Å²) >= 11 is 6.19. The van der Waals surface area contributed by atoms with Crippen LogP contribution in [0, 0.1) is 0 Å². The second kappa shape index (κ2) is 9.11. The number of nitrogens with one attached hydrogen (secondary N) is 3. The molecule has 172 valence electrons. The van der Waals surface area contributed by atoms with Gasteiger partial charge in [0.1, 0.15) is 0 Å². The number of hydrogen-bond donors (Lipinski definition) is 3. The molecular formula is C23H23ClN4O5. The predicted octanol–water partition coefficient (Wildman–Crippen LogP) is 2.76. The first-order chi connectivity index (χ1) is 15.8.